The molecule has 0 amide bonds. The second-order valence-electron chi connectivity index (χ2n) is 20.3. The first kappa shape index (κ1) is 37.2. The van der Waals surface area contributed by atoms with E-state index in [4.69, 9.17) is 8.83 Å². The highest BCUT2D eigenvalue weighted by Crippen LogP contribution is 2.50. The number of para-hydroxylation sites is 6. The molecule has 0 bridgehead atoms. The molecule has 17 aromatic rings. The zero-order valence-electron chi connectivity index (χ0n) is 38.9. The van der Waals surface area contributed by atoms with Crippen molar-refractivity contribution in [3.8, 4) is 0 Å². The van der Waals surface area contributed by atoms with Crippen LogP contribution in [0.2, 0.25) is 0 Å². The lowest BCUT2D eigenvalue weighted by Gasteiger charge is -2.44. The summed E-state index contributed by atoms with van der Waals surface area (Å²) in [6.07, 6.45) is 0. The molecule has 0 unspecified atom stereocenters. The van der Waals surface area contributed by atoms with E-state index in [2.05, 4.69) is 231 Å². The summed E-state index contributed by atoms with van der Waals surface area (Å²) in [6, 6.07) is 78.8. The van der Waals surface area contributed by atoms with Crippen molar-refractivity contribution in [2.75, 3.05) is 9.80 Å². The van der Waals surface area contributed by atoms with Gasteiger partial charge in [0.25, 0.3) is 6.71 Å². The summed E-state index contributed by atoms with van der Waals surface area (Å²) in [7, 11) is 0. The SMILES string of the molecule is c1cc2c3c(c1)N(c1ccc4oc5ccccc5c4c1)c1cc4c(cc1B3c1cc3c5cccc6c7ccccc7n(c3cc1N2c1ccc2oc3ccccc3c2c1)c65)c1cccc2c3ccccc3n4c21. The quantitative estimate of drug-likeness (QED) is 0.162. The smallest absolute Gasteiger partial charge is 0.252 e. The largest absolute Gasteiger partial charge is 0.456 e. The Bertz CT molecular complexity index is 5000. The Kier molecular flexibility index (Phi) is 6.51. The Balaban J connectivity index is 0.974. The average Bonchev–Trinajstić information content (AvgIpc) is 4.33. The number of anilines is 6. The third kappa shape index (κ3) is 4.42. The summed E-state index contributed by atoms with van der Waals surface area (Å²) in [5.41, 5.74) is 21.6. The fourth-order valence-electron chi connectivity index (χ4n) is 14.0. The van der Waals surface area contributed by atoms with Crippen molar-refractivity contribution >= 4 is 177 Å². The molecule has 0 atom stereocenters. The van der Waals surface area contributed by atoms with Gasteiger partial charge in [-0.25, -0.2) is 0 Å². The third-order valence-electron chi connectivity index (χ3n) is 16.9. The molecule has 0 N–H and O–H groups in total. The van der Waals surface area contributed by atoms with Crippen molar-refractivity contribution in [1.82, 2.24) is 8.80 Å². The van der Waals surface area contributed by atoms with Crippen molar-refractivity contribution in [3.05, 3.63) is 212 Å². The molecule has 0 fully saturated rings. The van der Waals surface area contributed by atoms with Crippen LogP contribution in [-0.4, -0.2) is 15.5 Å². The number of hydrogen-bond donors (Lipinski definition) is 0. The average molecular weight is 927 g/mol. The molecular formula is C66H35BN4O2. The van der Waals surface area contributed by atoms with E-state index in [-0.39, 0.29) is 6.71 Å². The van der Waals surface area contributed by atoms with Crippen LogP contribution in [-0.2, 0) is 0 Å². The Morgan fingerprint density at radius 1 is 0.274 bits per heavy atom. The lowest BCUT2D eigenvalue weighted by molar-refractivity contribution is 0.668. The van der Waals surface area contributed by atoms with E-state index in [1.54, 1.807) is 0 Å². The van der Waals surface area contributed by atoms with Crippen LogP contribution in [0.15, 0.2) is 221 Å². The van der Waals surface area contributed by atoms with Gasteiger partial charge in [0.1, 0.15) is 22.3 Å². The van der Waals surface area contributed by atoms with Gasteiger partial charge in [-0.05, 0) is 101 Å². The predicted octanol–water partition coefficient (Wildman–Crippen LogP) is 15.9. The number of rotatable bonds is 2. The van der Waals surface area contributed by atoms with Crippen molar-refractivity contribution in [1.29, 1.82) is 0 Å². The molecule has 11 aromatic carbocycles. The maximum atomic E-state index is 6.47. The minimum atomic E-state index is -0.108. The first-order valence-electron chi connectivity index (χ1n) is 25.2. The Morgan fingerprint density at radius 3 is 1.16 bits per heavy atom. The lowest BCUT2D eigenvalue weighted by Crippen LogP contribution is -2.61. The van der Waals surface area contributed by atoms with Crippen LogP contribution in [0.1, 0.15) is 0 Å². The molecule has 0 saturated carbocycles. The topological polar surface area (TPSA) is 41.6 Å². The normalized spacial score (nSPS) is 13.7. The number of furan rings is 2. The van der Waals surface area contributed by atoms with Crippen molar-refractivity contribution in [2.24, 2.45) is 0 Å². The molecule has 0 spiro atoms. The van der Waals surface area contributed by atoms with Crippen molar-refractivity contribution in [3.63, 3.8) is 0 Å². The Hall–Kier alpha value is -9.72. The molecule has 6 aromatic heterocycles. The number of aromatic nitrogens is 2. The van der Waals surface area contributed by atoms with E-state index in [1.165, 1.54) is 104 Å². The monoisotopic (exact) mass is 926 g/mol. The van der Waals surface area contributed by atoms with Crippen LogP contribution < -0.4 is 26.2 Å². The van der Waals surface area contributed by atoms with E-state index in [0.29, 0.717) is 0 Å². The summed E-state index contributed by atoms with van der Waals surface area (Å²) in [6.45, 7) is -0.108. The minimum absolute atomic E-state index is 0.108. The Morgan fingerprint density at radius 2 is 0.671 bits per heavy atom. The van der Waals surface area contributed by atoms with E-state index in [9.17, 15) is 0 Å². The van der Waals surface area contributed by atoms with E-state index >= 15 is 0 Å². The summed E-state index contributed by atoms with van der Waals surface area (Å²) < 4.78 is 18.0. The van der Waals surface area contributed by atoms with Crippen molar-refractivity contribution < 1.29 is 8.83 Å². The molecule has 6 nitrogen and oxygen atoms in total. The first-order chi connectivity index (χ1) is 36.2. The van der Waals surface area contributed by atoms with Gasteiger partial charge in [0.2, 0.25) is 0 Å². The van der Waals surface area contributed by atoms with Gasteiger partial charge < -0.3 is 27.4 Å². The maximum absolute atomic E-state index is 6.47. The molecule has 2 aliphatic heterocycles. The van der Waals surface area contributed by atoms with Crippen LogP contribution >= 0.6 is 0 Å². The highest BCUT2D eigenvalue weighted by Gasteiger charge is 2.44. The molecule has 8 heterocycles. The van der Waals surface area contributed by atoms with Crippen LogP contribution in [0.3, 0.4) is 0 Å². The van der Waals surface area contributed by atoms with E-state index in [0.717, 1.165) is 66.6 Å². The Labute approximate surface area is 415 Å². The second kappa shape index (κ2) is 12.8. The molecule has 0 radical (unpaired) electrons. The number of benzene rings is 11. The van der Waals surface area contributed by atoms with Gasteiger partial charge in [0.15, 0.2) is 0 Å². The van der Waals surface area contributed by atoms with Gasteiger partial charge in [-0.1, -0.05) is 127 Å². The predicted molar refractivity (Wildman–Crippen MR) is 304 cm³/mol. The molecule has 0 aliphatic carbocycles. The zero-order valence-corrected chi connectivity index (χ0v) is 38.9. The molecule has 19 rings (SSSR count). The molecule has 2 aliphatic rings. The van der Waals surface area contributed by atoms with Crippen LogP contribution in [0.4, 0.5) is 34.1 Å². The summed E-state index contributed by atoms with van der Waals surface area (Å²) in [4.78, 5) is 5.08. The molecule has 0 saturated heterocycles. The molecule has 334 valence electrons. The van der Waals surface area contributed by atoms with Crippen molar-refractivity contribution in [2.45, 2.75) is 0 Å². The van der Waals surface area contributed by atoms with Gasteiger partial charge in [0.05, 0.1) is 33.1 Å². The second-order valence-corrected chi connectivity index (χ2v) is 20.3. The standard InChI is InChI=1S/C66H35BN4O2/c1-5-20-52-38(12-1)42-16-9-18-44-46-32-50-58(34-56(46)70(52)65(42)44)68(36-26-28-62-48(30-36)40-14-3-7-24-60(40)72-62)54-22-11-23-55-64(54)67(50)51-33-47-45-19-10-17-43-39-13-2-6-21-53(39)71(66(43)45)57(47)35-59(51)69(55)37-27-29-63-49(31-37)41-15-4-8-25-61(41)73-63/h1-35H. The zero-order chi connectivity index (χ0) is 46.9. The summed E-state index contributed by atoms with van der Waals surface area (Å²) in [5, 5.41) is 14.6. The molecular weight excluding hydrogens is 892 g/mol. The third-order valence-corrected chi connectivity index (χ3v) is 16.9. The van der Waals surface area contributed by atoms with Gasteiger partial charge in [-0.15, -0.1) is 0 Å². The summed E-state index contributed by atoms with van der Waals surface area (Å²) in [5.74, 6) is 0. The highest BCUT2D eigenvalue weighted by atomic mass is 16.3. The minimum Gasteiger partial charge on any atom is -0.456 e. The first-order valence-corrected chi connectivity index (χ1v) is 25.2. The number of hydrogen-bond acceptors (Lipinski definition) is 4. The summed E-state index contributed by atoms with van der Waals surface area (Å²) >= 11 is 0. The molecule has 7 heteroatoms. The number of nitrogens with zero attached hydrogens (tertiary/aromatic N) is 4. The van der Waals surface area contributed by atoms with Gasteiger partial charge in [0, 0.05) is 98.8 Å². The van der Waals surface area contributed by atoms with E-state index < -0.39 is 0 Å². The van der Waals surface area contributed by atoms with E-state index in [1.807, 2.05) is 0 Å². The lowest BCUT2D eigenvalue weighted by atomic mass is 9.33. The van der Waals surface area contributed by atoms with Gasteiger partial charge >= 0.3 is 0 Å². The van der Waals surface area contributed by atoms with Gasteiger partial charge in [-0.2, -0.15) is 0 Å². The van der Waals surface area contributed by atoms with Crippen LogP contribution in [0, 0.1) is 0 Å². The van der Waals surface area contributed by atoms with Crippen LogP contribution in [0.25, 0.3) is 120 Å². The maximum Gasteiger partial charge on any atom is 0.252 e. The van der Waals surface area contributed by atoms with Gasteiger partial charge in [-0.3, -0.25) is 0 Å². The fourth-order valence-corrected chi connectivity index (χ4v) is 14.0. The molecule has 73 heavy (non-hydrogen) atoms. The fraction of sp³-hybridized carbons (Fsp3) is 0. The number of fused-ring (bicyclic) bond motifs is 22. The van der Waals surface area contributed by atoms with Crippen LogP contribution in [0.5, 0.6) is 0 Å². The highest BCUT2D eigenvalue weighted by molar-refractivity contribution is 7.00.